The molecule has 1 N–H and O–H groups in total. The zero-order valence-corrected chi connectivity index (χ0v) is 20.2. The first kappa shape index (κ1) is 21.9. The van der Waals surface area contributed by atoms with Gasteiger partial charge in [-0.25, -0.2) is 13.4 Å². The number of hydrogen-bond acceptors (Lipinski definition) is 6. The third-order valence-electron chi connectivity index (χ3n) is 5.63. The van der Waals surface area contributed by atoms with E-state index in [1.807, 2.05) is 18.2 Å². The standard InChI is InChI=1S/C22H20ClN3O3S3/c23-15-7-9-16(10-8-15)32(28,29)26-11-3-4-14(12-26)21(27)25-22-24-20-17-5-1-2-6-18(17)30-13-19(20)31-22/h1-2,5-10,14H,3-4,11-13H2,(H,24,25,27). The van der Waals surface area contributed by atoms with E-state index in [-0.39, 0.29) is 17.3 Å². The van der Waals surface area contributed by atoms with Crippen molar-refractivity contribution < 1.29 is 13.2 Å². The van der Waals surface area contributed by atoms with Crippen molar-refractivity contribution in [1.82, 2.24) is 9.29 Å². The van der Waals surface area contributed by atoms with E-state index in [9.17, 15) is 13.2 Å². The highest BCUT2D eigenvalue weighted by Gasteiger charge is 2.34. The highest BCUT2D eigenvalue weighted by Crippen LogP contribution is 2.44. The van der Waals surface area contributed by atoms with Crippen LogP contribution in [0.3, 0.4) is 0 Å². The molecular formula is C22H20ClN3O3S3. The van der Waals surface area contributed by atoms with Crippen LogP contribution in [0, 0.1) is 5.92 Å². The highest BCUT2D eigenvalue weighted by molar-refractivity contribution is 7.98. The topological polar surface area (TPSA) is 79.4 Å². The summed E-state index contributed by atoms with van der Waals surface area (Å²) in [4.78, 5) is 20.2. The predicted molar refractivity (Wildman–Crippen MR) is 129 cm³/mol. The average Bonchev–Trinajstić information content (AvgIpc) is 3.22. The van der Waals surface area contributed by atoms with E-state index in [1.54, 1.807) is 23.9 Å². The molecule has 2 aromatic carbocycles. The van der Waals surface area contributed by atoms with Crippen molar-refractivity contribution in [3.8, 4) is 11.3 Å². The maximum Gasteiger partial charge on any atom is 0.243 e. The lowest BCUT2D eigenvalue weighted by atomic mass is 9.99. The first-order valence-corrected chi connectivity index (χ1v) is 13.8. The monoisotopic (exact) mass is 505 g/mol. The quantitative estimate of drug-likeness (QED) is 0.533. The van der Waals surface area contributed by atoms with E-state index in [0.717, 1.165) is 21.9 Å². The number of piperidine rings is 1. The lowest BCUT2D eigenvalue weighted by Crippen LogP contribution is -2.43. The number of nitrogens with one attached hydrogen (secondary N) is 1. The summed E-state index contributed by atoms with van der Waals surface area (Å²) in [7, 11) is -3.67. The lowest BCUT2D eigenvalue weighted by molar-refractivity contribution is -0.120. The molecule has 0 bridgehead atoms. The van der Waals surface area contributed by atoms with Gasteiger partial charge < -0.3 is 5.32 Å². The normalized spacial score (nSPS) is 18.6. The van der Waals surface area contributed by atoms with Crippen molar-refractivity contribution in [1.29, 1.82) is 0 Å². The van der Waals surface area contributed by atoms with Crippen LogP contribution in [0.2, 0.25) is 5.02 Å². The fourth-order valence-corrected chi connectivity index (χ4v) is 7.74. The van der Waals surface area contributed by atoms with E-state index in [4.69, 9.17) is 11.6 Å². The van der Waals surface area contributed by atoms with E-state index in [1.165, 1.54) is 32.7 Å². The largest absolute Gasteiger partial charge is 0.302 e. The van der Waals surface area contributed by atoms with Gasteiger partial charge in [0.05, 0.1) is 16.5 Å². The van der Waals surface area contributed by atoms with Gasteiger partial charge in [-0.1, -0.05) is 29.8 Å². The number of amides is 1. The number of carbonyl (C=O) groups excluding carboxylic acids is 1. The van der Waals surface area contributed by atoms with E-state index in [2.05, 4.69) is 16.4 Å². The summed E-state index contributed by atoms with van der Waals surface area (Å²) in [6.45, 7) is 0.550. The van der Waals surface area contributed by atoms with Crippen molar-refractivity contribution in [2.45, 2.75) is 28.4 Å². The summed E-state index contributed by atoms with van der Waals surface area (Å²) in [6.07, 6.45) is 1.27. The Morgan fingerprint density at radius 2 is 1.94 bits per heavy atom. The zero-order chi connectivity index (χ0) is 22.3. The summed E-state index contributed by atoms with van der Waals surface area (Å²) in [5, 5.41) is 3.98. The Balaban J connectivity index is 1.31. The second-order valence-corrected chi connectivity index (χ2v) is 12.2. The Kier molecular flexibility index (Phi) is 6.02. The van der Waals surface area contributed by atoms with Gasteiger partial charge in [-0.15, -0.1) is 23.1 Å². The third kappa shape index (κ3) is 4.20. The molecule has 10 heteroatoms. The minimum atomic E-state index is -3.67. The molecule has 0 spiro atoms. The number of thioether (sulfide) groups is 1. The van der Waals surface area contributed by atoms with Crippen LogP contribution in [0.5, 0.6) is 0 Å². The number of fused-ring (bicyclic) bond motifs is 3. The molecule has 0 aliphatic carbocycles. The fraction of sp³-hybridized carbons (Fsp3) is 0.273. The van der Waals surface area contributed by atoms with Crippen molar-refractivity contribution in [3.05, 3.63) is 58.4 Å². The number of aromatic nitrogens is 1. The molecule has 166 valence electrons. The number of hydrogen-bond donors (Lipinski definition) is 1. The molecule has 6 nitrogen and oxygen atoms in total. The Morgan fingerprint density at radius 3 is 2.75 bits per heavy atom. The fourth-order valence-electron chi connectivity index (χ4n) is 3.98. The minimum absolute atomic E-state index is 0.153. The Morgan fingerprint density at radius 1 is 1.16 bits per heavy atom. The molecule has 3 aromatic rings. The Labute approximate surface area is 200 Å². The maximum atomic E-state index is 13.0. The Bertz CT molecular complexity index is 1280. The summed E-state index contributed by atoms with van der Waals surface area (Å²) in [6, 6.07) is 14.2. The highest BCUT2D eigenvalue weighted by atomic mass is 35.5. The van der Waals surface area contributed by atoms with Crippen molar-refractivity contribution in [2.75, 3.05) is 18.4 Å². The molecule has 32 heavy (non-hydrogen) atoms. The molecular weight excluding hydrogens is 486 g/mol. The lowest BCUT2D eigenvalue weighted by Gasteiger charge is -2.31. The number of nitrogens with zero attached hydrogens (tertiary/aromatic N) is 2. The molecule has 1 saturated heterocycles. The third-order valence-corrected chi connectivity index (χ3v) is 10.0. The molecule has 0 radical (unpaired) electrons. The van der Waals surface area contributed by atoms with Crippen molar-refractivity contribution >= 4 is 55.8 Å². The molecule has 2 aliphatic rings. The summed E-state index contributed by atoms with van der Waals surface area (Å²) >= 11 is 9.14. The van der Waals surface area contributed by atoms with Gasteiger partial charge in [-0.2, -0.15) is 4.31 Å². The van der Waals surface area contributed by atoms with Gasteiger partial charge in [0, 0.05) is 39.2 Å². The van der Waals surface area contributed by atoms with Crippen LogP contribution >= 0.6 is 34.7 Å². The van der Waals surface area contributed by atoms with Gasteiger partial charge in [0.2, 0.25) is 15.9 Å². The average molecular weight is 506 g/mol. The molecule has 5 rings (SSSR count). The second-order valence-electron chi connectivity index (χ2n) is 7.72. The molecule has 3 heterocycles. The SMILES string of the molecule is O=C(Nc1nc2c(s1)CSc1ccccc1-2)C1CCCN(S(=O)(=O)c2ccc(Cl)cc2)C1. The molecule has 1 unspecified atom stereocenters. The molecule has 2 aliphatic heterocycles. The molecule has 1 atom stereocenters. The van der Waals surface area contributed by atoms with Crippen LogP contribution < -0.4 is 5.32 Å². The van der Waals surface area contributed by atoms with Crippen molar-refractivity contribution in [3.63, 3.8) is 0 Å². The number of rotatable bonds is 4. The molecule has 0 saturated carbocycles. The van der Waals surface area contributed by atoms with E-state index < -0.39 is 15.9 Å². The van der Waals surface area contributed by atoms with Gasteiger partial charge in [0.1, 0.15) is 0 Å². The second kappa shape index (κ2) is 8.79. The summed E-state index contributed by atoms with van der Waals surface area (Å²) in [5.74, 6) is 0.220. The van der Waals surface area contributed by atoms with Crippen LogP contribution in [0.4, 0.5) is 5.13 Å². The number of sulfonamides is 1. The van der Waals surface area contributed by atoms with Crippen LogP contribution in [0.25, 0.3) is 11.3 Å². The van der Waals surface area contributed by atoms with Gasteiger partial charge in [-0.05, 0) is 43.2 Å². The first-order chi connectivity index (χ1) is 15.4. The van der Waals surface area contributed by atoms with Crippen LogP contribution in [0.15, 0.2) is 58.3 Å². The van der Waals surface area contributed by atoms with Crippen LogP contribution in [-0.4, -0.2) is 36.7 Å². The van der Waals surface area contributed by atoms with Crippen LogP contribution in [0.1, 0.15) is 17.7 Å². The first-order valence-electron chi connectivity index (χ1n) is 10.2. The van der Waals surface area contributed by atoms with E-state index in [0.29, 0.717) is 29.5 Å². The summed E-state index contributed by atoms with van der Waals surface area (Å²) < 4.78 is 27.4. The van der Waals surface area contributed by atoms with Crippen LogP contribution in [-0.2, 0) is 20.6 Å². The molecule has 1 amide bonds. The smallest absolute Gasteiger partial charge is 0.243 e. The maximum absolute atomic E-state index is 13.0. The van der Waals surface area contributed by atoms with Gasteiger partial charge in [0.15, 0.2) is 5.13 Å². The number of benzene rings is 2. The number of anilines is 1. The molecule has 1 fully saturated rings. The molecule has 1 aromatic heterocycles. The predicted octanol–water partition coefficient (Wildman–Crippen LogP) is 5.11. The van der Waals surface area contributed by atoms with Crippen molar-refractivity contribution in [2.24, 2.45) is 5.92 Å². The zero-order valence-electron chi connectivity index (χ0n) is 17.0. The van der Waals surface area contributed by atoms with Gasteiger partial charge >= 0.3 is 0 Å². The van der Waals surface area contributed by atoms with E-state index >= 15 is 0 Å². The summed E-state index contributed by atoms with van der Waals surface area (Å²) in [5.41, 5.74) is 2.02. The minimum Gasteiger partial charge on any atom is -0.302 e. The number of halogens is 1. The van der Waals surface area contributed by atoms with Gasteiger partial charge in [-0.3, -0.25) is 4.79 Å². The Hall–Kier alpha value is -1.91. The number of carbonyl (C=O) groups is 1. The van der Waals surface area contributed by atoms with Gasteiger partial charge in [0.25, 0.3) is 0 Å². The number of thiazole rings is 1.